The van der Waals surface area contributed by atoms with Crippen LogP contribution in [0.15, 0.2) is 48.9 Å². The van der Waals surface area contributed by atoms with Gasteiger partial charge in [-0.05, 0) is 105 Å². The van der Waals surface area contributed by atoms with Crippen molar-refractivity contribution in [1.29, 1.82) is 0 Å². The average Bonchev–Trinajstić information content (AvgIpc) is 2.90. The zero-order valence-corrected chi connectivity index (χ0v) is 20.9. The Hall–Kier alpha value is -3.10. The Kier molecular flexibility index (Phi) is 9.19. The molecule has 4 rings (SSSR count). The van der Waals surface area contributed by atoms with Crippen LogP contribution >= 0.6 is 0 Å². The predicted molar refractivity (Wildman–Crippen MR) is 138 cm³/mol. The summed E-state index contributed by atoms with van der Waals surface area (Å²) >= 11 is 0. The molecule has 2 N–H and O–H groups in total. The number of benzene rings is 1. The number of rotatable bonds is 12. The normalized spacial score (nSPS) is 19.3. The van der Waals surface area contributed by atoms with Crippen molar-refractivity contribution in [3.8, 4) is 5.75 Å². The molecule has 0 spiro atoms. The van der Waals surface area contributed by atoms with Crippen molar-refractivity contribution in [3.05, 3.63) is 60.0 Å². The van der Waals surface area contributed by atoms with Crippen LogP contribution < -0.4 is 4.74 Å². The van der Waals surface area contributed by atoms with Crippen LogP contribution in [-0.4, -0.2) is 63.0 Å². The summed E-state index contributed by atoms with van der Waals surface area (Å²) in [5.41, 5.74) is 2.87. The summed E-state index contributed by atoms with van der Waals surface area (Å²) in [6, 6.07) is 9.55. The number of aliphatic carboxylic acids is 1. The van der Waals surface area contributed by atoms with Crippen LogP contribution in [0.4, 0.5) is 0 Å². The minimum atomic E-state index is -0.746. The standard InChI is InChI=1S/C28H36N4O4/c1-36-23-6-7-26-25(17-23)24(10-12-29-26)27(33)8-5-21-11-15-32(19-22(21)16-28(34)35)14-3-2-4-20-9-13-30-31-18-20/h6-7,9-10,12-13,17-18,21-22,27,33H,2-5,8,11,14-16,19H2,1H3,(H,34,35)/t21-,22+,27+/m1/s1. The number of aliphatic hydroxyl groups excluding tert-OH is 1. The molecule has 0 bridgehead atoms. The molecule has 3 aromatic rings. The second kappa shape index (κ2) is 12.7. The molecule has 1 saturated heterocycles. The number of nitrogens with zero attached hydrogens (tertiary/aromatic N) is 4. The van der Waals surface area contributed by atoms with Crippen molar-refractivity contribution < 1.29 is 19.7 Å². The monoisotopic (exact) mass is 492 g/mol. The number of hydrogen-bond donors (Lipinski definition) is 2. The summed E-state index contributed by atoms with van der Waals surface area (Å²) in [4.78, 5) is 18.4. The van der Waals surface area contributed by atoms with Crippen LogP contribution in [0.1, 0.15) is 55.8 Å². The summed E-state index contributed by atoms with van der Waals surface area (Å²) in [6.07, 6.45) is 10.3. The first-order chi connectivity index (χ1) is 17.5. The first-order valence-electron chi connectivity index (χ1n) is 12.8. The first-order valence-corrected chi connectivity index (χ1v) is 12.8. The number of ether oxygens (including phenoxy) is 1. The number of likely N-dealkylation sites (tertiary alicyclic amines) is 1. The molecule has 36 heavy (non-hydrogen) atoms. The summed E-state index contributed by atoms with van der Waals surface area (Å²) in [6.45, 7) is 2.76. The third kappa shape index (κ3) is 6.98. The minimum Gasteiger partial charge on any atom is -0.497 e. The van der Waals surface area contributed by atoms with Gasteiger partial charge < -0.3 is 19.8 Å². The Morgan fingerprint density at radius 3 is 2.83 bits per heavy atom. The molecule has 1 fully saturated rings. The number of methoxy groups -OCH3 is 1. The van der Waals surface area contributed by atoms with Gasteiger partial charge in [-0.25, -0.2) is 0 Å². The molecule has 3 atom stereocenters. The molecule has 1 aromatic carbocycles. The van der Waals surface area contributed by atoms with E-state index in [0.717, 1.165) is 74.0 Å². The topological polar surface area (TPSA) is 109 Å². The Morgan fingerprint density at radius 1 is 1.17 bits per heavy atom. The van der Waals surface area contributed by atoms with E-state index in [-0.39, 0.29) is 18.3 Å². The number of piperidine rings is 1. The quantitative estimate of drug-likeness (QED) is 0.361. The number of aromatic nitrogens is 3. The van der Waals surface area contributed by atoms with E-state index < -0.39 is 12.1 Å². The van der Waals surface area contributed by atoms with E-state index in [1.165, 1.54) is 5.56 Å². The number of unbranched alkanes of at least 4 members (excludes halogenated alkanes) is 1. The molecular formula is C28H36N4O4. The molecular weight excluding hydrogens is 456 g/mol. The number of carboxylic acids is 1. The summed E-state index contributed by atoms with van der Waals surface area (Å²) in [5.74, 6) is 0.375. The maximum absolute atomic E-state index is 11.6. The van der Waals surface area contributed by atoms with Crippen LogP contribution in [-0.2, 0) is 11.2 Å². The molecule has 0 aliphatic carbocycles. The molecule has 0 saturated carbocycles. The Balaban J connectivity index is 1.31. The second-order valence-corrected chi connectivity index (χ2v) is 9.79. The lowest BCUT2D eigenvalue weighted by Crippen LogP contribution is -2.41. The molecule has 8 heteroatoms. The molecule has 192 valence electrons. The largest absolute Gasteiger partial charge is 0.497 e. The first kappa shape index (κ1) is 26.0. The van der Waals surface area contributed by atoms with Crippen molar-refractivity contribution in [3.63, 3.8) is 0 Å². The third-order valence-corrected chi connectivity index (χ3v) is 7.40. The molecule has 1 aliphatic rings. The van der Waals surface area contributed by atoms with Gasteiger partial charge in [0.2, 0.25) is 0 Å². The number of pyridine rings is 1. The Morgan fingerprint density at radius 2 is 2.06 bits per heavy atom. The van der Waals surface area contributed by atoms with Gasteiger partial charge >= 0.3 is 5.97 Å². The highest BCUT2D eigenvalue weighted by atomic mass is 16.5. The summed E-state index contributed by atoms with van der Waals surface area (Å²) in [7, 11) is 1.63. The number of fused-ring (bicyclic) bond motifs is 1. The zero-order valence-electron chi connectivity index (χ0n) is 20.9. The molecule has 0 unspecified atom stereocenters. The van der Waals surface area contributed by atoms with Crippen LogP contribution in [0.2, 0.25) is 0 Å². The average molecular weight is 493 g/mol. The molecule has 0 amide bonds. The Bertz CT molecular complexity index is 1130. The smallest absolute Gasteiger partial charge is 0.303 e. The van der Waals surface area contributed by atoms with Crippen LogP contribution in [0.3, 0.4) is 0 Å². The van der Waals surface area contributed by atoms with E-state index in [1.807, 2.05) is 36.5 Å². The molecule has 0 radical (unpaired) electrons. The number of hydrogen-bond acceptors (Lipinski definition) is 7. The van der Waals surface area contributed by atoms with Gasteiger partial charge in [-0.15, -0.1) is 0 Å². The highest BCUT2D eigenvalue weighted by molar-refractivity contribution is 5.83. The van der Waals surface area contributed by atoms with Gasteiger partial charge in [-0.3, -0.25) is 9.78 Å². The van der Waals surface area contributed by atoms with E-state index in [9.17, 15) is 15.0 Å². The molecule has 1 aliphatic heterocycles. The van der Waals surface area contributed by atoms with Gasteiger partial charge in [-0.2, -0.15) is 10.2 Å². The fraction of sp³-hybridized carbons (Fsp3) is 0.500. The van der Waals surface area contributed by atoms with Crippen LogP contribution in [0.25, 0.3) is 10.9 Å². The zero-order chi connectivity index (χ0) is 25.3. The van der Waals surface area contributed by atoms with Gasteiger partial charge in [0.15, 0.2) is 0 Å². The SMILES string of the molecule is COc1ccc2nccc([C@@H](O)CC[C@@H]3CCN(CCCCc4ccnnc4)C[C@@H]3CC(=O)O)c2c1. The number of aliphatic hydroxyl groups is 1. The predicted octanol–water partition coefficient (Wildman–Crippen LogP) is 4.28. The van der Waals surface area contributed by atoms with E-state index in [0.29, 0.717) is 6.42 Å². The maximum Gasteiger partial charge on any atom is 0.303 e. The summed E-state index contributed by atoms with van der Waals surface area (Å²) in [5, 5.41) is 29.2. The van der Waals surface area contributed by atoms with Gasteiger partial charge in [0, 0.05) is 30.7 Å². The van der Waals surface area contributed by atoms with Crippen molar-refractivity contribution >= 4 is 16.9 Å². The van der Waals surface area contributed by atoms with Gasteiger partial charge in [0.25, 0.3) is 0 Å². The highest BCUT2D eigenvalue weighted by Gasteiger charge is 2.31. The van der Waals surface area contributed by atoms with Crippen molar-refractivity contribution in [2.45, 2.75) is 51.0 Å². The lowest BCUT2D eigenvalue weighted by molar-refractivity contribution is -0.139. The van der Waals surface area contributed by atoms with Crippen LogP contribution in [0, 0.1) is 11.8 Å². The third-order valence-electron chi connectivity index (χ3n) is 7.40. The maximum atomic E-state index is 11.6. The highest BCUT2D eigenvalue weighted by Crippen LogP contribution is 2.34. The fourth-order valence-electron chi connectivity index (χ4n) is 5.42. The van der Waals surface area contributed by atoms with E-state index in [2.05, 4.69) is 20.1 Å². The van der Waals surface area contributed by atoms with E-state index in [1.54, 1.807) is 19.5 Å². The minimum absolute atomic E-state index is 0.0992. The fourth-order valence-corrected chi connectivity index (χ4v) is 5.42. The number of carbonyl (C=O) groups is 1. The molecule has 2 aromatic heterocycles. The second-order valence-electron chi connectivity index (χ2n) is 9.79. The van der Waals surface area contributed by atoms with E-state index >= 15 is 0 Å². The van der Waals surface area contributed by atoms with E-state index in [4.69, 9.17) is 4.74 Å². The lowest BCUT2D eigenvalue weighted by Gasteiger charge is -2.38. The number of aryl methyl sites for hydroxylation is 1. The van der Waals surface area contributed by atoms with Crippen molar-refractivity contribution in [2.24, 2.45) is 11.8 Å². The lowest BCUT2D eigenvalue weighted by atomic mass is 9.79. The Labute approximate surface area is 212 Å². The van der Waals surface area contributed by atoms with Gasteiger partial charge in [0.05, 0.1) is 24.9 Å². The van der Waals surface area contributed by atoms with Crippen molar-refractivity contribution in [2.75, 3.05) is 26.7 Å². The van der Waals surface area contributed by atoms with Crippen LogP contribution in [0.5, 0.6) is 5.75 Å². The molecule has 3 heterocycles. The van der Waals surface area contributed by atoms with Gasteiger partial charge in [-0.1, -0.05) is 0 Å². The van der Waals surface area contributed by atoms with Gasteiger partial charge in [0.1, 0.15) is 5.75 Å². The van der Waals surface area contributed by atoms with Crippen molar-refractivity contribution in [1.82, 2.24) is 20.1 Å². The summed E-state index contributed by atoms with van der Waals surface area (Å²) < 4.78 is 5.36. The molecule has 8 nitrogen and oxygen atoms in total. The number of carboxylic acid groups (broad SMARTS) is 1.